The number of carboxylic acid groups (broad SMARTS) is 1. The molecule has 0 radical (unpaired) electrons. The summed E-state index contributed by atoms with van der Waals surface area (Å²) in [5.41, 5.74) is 1.27. The van der Waals surface area contributed by atoms with Crippen LogP contribution >= 0.6 is 11.3 Å². The van der Waals surface area contributed by atoms with Crippen LogP contribution in [0.25, 0.3) is 21.3 Å². The van der Waals surface area contributed by atoms with E-state index >= 15 is 0 Å². The van der Waals surface area contributed by atoms with Crippen molar-refractivity contribution in [2.75, 3.05) is 6.61 Å². The van der Waals surface area contributed by atoms with Gasteiger partial charge in [0.1, 0.15) is 16.6 Å². The van der Waals surface area contributed by atoms with Crippen molar-refractivity contribution in [3.05, 3.63) is 46.3 Å². The van der Waals surface area contributed by atoms with Crippen molar-refractivity contribution in [2.24, 2.45) is 0 Å². The maximum atomic E-state index is 12.7. The lowest BCUT2D eigenvalue weighted by Gasteiger charge is -2.10. The lowest BCUT2D eigenvalue weighted by Crippen LogP contribution is -2.28. The summed E-state index contributed by atoms with van der Waals surface area (Å²) in [4.78, 5) is 28.7. The SMILES string of the molecule is CCOc1ccc(-c2csc3ncn([C@@H](C)C(=O)O)c(=O)c23)cc1. The molecule has 0 aliphatic heterocycles. The maximum absolute atomic E-state index is 12.7. The van der Waals surface area contributed by atoms with Crippen molar-refractivity contribution in [1.82, 2.24) is 9.55 Å². The zero-order valence-corrected chi connectivity index (χ0v) is 14.0. The van der Waals surface area contributed by atoms with E-state index in [-0.39, 0.29) is 5.56 Å². The third-order valence-corrected chi connectivity index (χ3v) is 4.66. The summed E-state index contributed by atoms with van der Waals surface area (Å²) in [5, 5.41) is 11.5. The van der Waals surface area contributed by atoms with Crippen molar-refractivity contribution in [2.45, 2.75) is 19.9 Å². The quantitative estimate of drug-likeness (QED) is 0.769. The van der Waals surface area contributed by atoms with Crippen LogP contribution in [0.1, 0.15) is 19.9 Å². The molecule has 3 rings (SSSR count). The number of nitrogens with zero attached hydrogens (tertiary/aromatic N) is 2. The Labute approximate surface area is 142 Å². The molecule has 0 spiro atoms. The Kier molecular flexibility index (Phi) is 4.35. The first-order valence-electron chi connectivity index (χ1n) is 7.47. The fraction of sp³-hybridized carbons (Fsp3) is 0.235. The van der Waals surface area contributed by atoms with Gasteiger partial charge in [0, 0.05) is 10.9 Å². The molecular formula is C17H16N2O4S. The molecule has 0 saturated heterocycles. The molecule has 1 aromatic carbocycles. The van der Waals surface area contributed by atoms with Gasteiger partial charge in [-0.1, -0.05) is 12.1 Å². The summed E-state index contributed by atoms with van der Waals surface area (Å²) in [6, 6.07) is 6.48. The van der Waals surface area contributed by atoms with Crippen LogP contribution in [-0.2, 0) is 4.79 Å². The predicted octanol–water partition coefficient (Wildman–Crippen LogP) is 3.17. The van der Waals surface area contributed by atoms with Crippen molar-refractivity contribution < 1.29 is 14.6 Å². The third-order valence-electron chi connectivity index (χ3n) is 3.77. The highest BCUT2D eigenvalue weighted by Gasteiger charge is 2.19. The first kappa shape index (κ1) is 16.2. The molecule has 1 atom stereocenters. The molecule has 1 N–H and O–H groups in total. The second-order valence-electron chi connectivity index (χ2n) is 5.26. The first-order chi connectivity index (χ1) is 11.5. The van der Waals surface area contributed by atoms with E-state index in [0.29, 0.717) is 16.8 Å². The van der Waals surface area contributed by atoms with Crippen LogP contribution in [0, 0.1) is 0 Å². The Bertz CT molecular complexity index is 943. The number of ether oxygens (including phenoxy) is 1. The molecular weight excluding hydrogens is 328 g/mol. The van der Waals surface area contributed by atoms with Crippen molar-refractivity contribution in [1.29, 1.82) is 0 Å². The number of benzene rings is 1. The van der Waals surface area contributed by atoms with E-state index in [1.54, 1.807) is 0 Å². The lowest BCUT2D eigenvalue weighted by atomic mass is 10.1. The largest absolute Gasteiger partial charge is 0.494 e. The minimum atomic E-state index is -1.07. The summed E-state index contributed by atoms with van der Waals surface area (Å²) in [6.07, 6.45) is 1.29. The van der Waals surface area contributed by atoms with Crippen molar-refractivity contribution in [3.8, 4) is 16.9 Å². The topological polar surface area (TPSA) is 81.4 Å². The van der Waals surface area contributed by atoms with Crippen LogP contribution in [0.5, 0.6) is 5.75 Å². The van der Waals surface area contributed by atoms with E-state index in [0.717, 1.165) is 21.4 Å². The van der Waals surface area contributed by atoms with Crippen LogP contribution in [0.4, 0.5) is 0 Å². The molecule has 0 amide bonds. The average molecular weight is 344 g/mol. The summed E-state index contributed by atoms with van der Waals surface area (Å²) < 4.78 is 6.57. The predicted molar refractivity (Wildman–Crippen MR) is 92.8 cm³/mol. The van der Waals surface area contributed by atoms with Crippen molar-refractivity contribution >= 4 is 27.5 Å². The molecule has 0 aliphatic carbocycles. The summed E-state index contributed by atoms with van der Waals surface area (Å²) in [6.45, 7) is 3.96. The Morgan fingerprint density at radius 1 is 1.38 bits per heavy atom. The number of thiophene rings is 1. The molecule has 6 nitrogen and oxygen atoms in total. The normalized spacial score (nSPS) is 12.2. The van der Waals surface area contributed by atoms with E-state index in [9.17, 15) is 9.59 Å². The second-order valence-corrected chi connectivity index (χ2v) is 6.12. The number of carboxylic acids is 1. The summed E-state index contributed by atoms with van der Waals surface area (Å²) >= 11 is 1.36. The van der Waals surface area contributed by atoms with E-state index in [2.05, 4.69) is 4.98 Å². The number of fused-ring (bicyclic) bond motifs is 1. The van der Waals surface area contributed by atoms with E-state index in [1.807, 2.05) is 36.6 Å². The molecule has 0 saturated carbocycles. The van der Waals surface area contributed by atoms with Gasteiger partial charge in [-0.3, -0.25) is 9.36 Å². The van der Waals surface area contributed by atoms with Gasteiger partial charge in [0.2, 0.25) is 0 Å². The fourth-order valence-corrected chi connectivity index (χ4v) is 3.36. The Balaban J connectivity index is 2.14. The number of hydrogen-bond acceptors (Lipinski definition) is 5. The Morgan fingerprint density at radius 2 is 2.08 bits per heavy atom. The van der Waals surface area contributed by atoms with Crippen LogP contribution in [0.2, 0.25) is 0 Å². The maximum Gasteiger partial charge on any atom is 0.326 e. The van der Waals surface area contributed by atoms with Gasteiger partial charge in [-0.2, -0.15) is 0 Å². The lowest BCUT2D eigenvalue weighted by molar-refractivity contribution is -0.140. The number of aliphatic carboxylic acids is 1. The highest BCUT2D eigenvalue weighted by atomic mass is 32.1. The summed E-state index contributed by atoms with van der Waals surface area (Å²) in [5.74, 6) is -0.313. The molecule has 24 heavy (non-hydrogen) atoms. The van der Waals surface area contributed by atoms with E-state index in [1.165, 1.54) is 24.6 Å². The smallest absolute Gasteiger partial charge is 0.326 e. The van der Waals surface area contributed by atoms with Crippen molar-refractivity contribution in [3.63, 3.8) is 0 Å². The molecule has 7 heteroatoms. The summed E-state index contributed by atoms with van der Waals surface area (Å²) in [7, 11) is 0. The standard InChI is InChI=1S/C17H16N2O4S/c1-3-23-12-6-4-11(5-7-12)13-8-24-15-14(13)16(20)19(9-18-15)10(2)17(21)22/h4-10H,3H2,1-2H3,(H,21,22)/t10-/m0/s1. The average Bonchev–Trinajstić information content (AvgIpc) is 3.00. The van der Waals surface area contributed by atoms with Crippen LogP contribution in [-0.4, -0.2) is 27.2 Å². The fourth-order valence-electron chi connectivity index (χ4n) is 2.45. The number of hydrogen-bond donors (Lipinski definition) is 1. The van der Waals surface area contributed by atoms with Gasteiger partial charge in [-0.05, 0) is 31.5 Å². The molecule has 0 aliphatic rings. The first-order valence-corrected chi connectivity index (χ1v) is 8.35. The Hall–Kier alpha value is -2.67. The number of rotatable bonds is 5. The molecule has 3 aromatic rings. The molecule has 2 heterocycles. The van der Waals surface area contributed by atoms with Gasteiger partial charge in [0.15, 0.2) is 0 Å². The zero-order chi connectivity index (χ0) is 17.3. The highest BCUT2D eigenvalue weighted by Crippen LogP contribution is 2.31. The third kappa shape index (κ3) is 2.78. The van der Waals surface area contributed by atoms with Gasteiger partial charge < -0.3 is 9.84 Å². The Morgan fingerprint density at radius 3 is 2.71 bits per heavy atom. The minimum Gasteiger partial charge on any atom is -0.494 e. The molecule has 0 fully saturated rings. The zero-order valence-electron chi connectivity index (χ0n) is 13.2. The van der Waals surface area contributed by atoms with Gasteiger partial charge in [-0.15, -0.1) is 11.3 Å². The minimum absolute atomic E-state index is 0.347. The number of carbonyl (C=O) groups is 1. The van der Waals surface area contributed by atoms with E-state index < -0.39 is 12.0 Å². The monoisotopic (exact) mass is 344 g/mol. The molecule has 2 aromatic heterocycles. The van der Waals surface area contributed by atoms with Gasteiger partial charge >= 0.3 is 5.97 Å². The van der Waals surface area contributed by atoms with Gasteiger partial charge in [0.05, 0.1) is 18.3 Å². The highest BCUT2D eigenvalue weighted by molar-refractivity contribution is 7.17. The molecule has 0 unspecified atom stereocenters. The van der Waals surface area contributed by atoms with E-state index in [4.69, 9.17) is 9.84 Å². The van der Waals surface area contributed by atoms with Gasteiger partial charge in [0.25, 0.3) is 5.56 Å². The molecule has 124 valence electrons. The number of aromatic nitrogens is 2. The van der Waals surface area contributed by atoms with Crippen LogP contribution < -0.4 is 10.3 Å². The van der Waals surface area contributed by atoms with Crippen LogP contribution in [0.15, 0.2) is 40.8 Å². The second kappa shape index (κ2) is 6.45. The van der Waals surface area contributed by atoms with Gasteiger partial charge in [-0.25, -0.2) is 9.78 Å². The molecule has 0 bridgehead atoms. The van der Waals surface area contributed by atoms with Crippen LogP contribution in [0.3, 0.4) is 0 Å².